The summed E-state index contributed by atoms with van der Waals surface area (Å²) in [5.74, 6) is -1.01. The summed E-state index contributed by atoms with van der Waals surface area (Å²) in [4.78, 5) is 34.7. The predicted octanol–water partition coefficient (Wildman–Crippen LogP) is 2.63. The smallest absolute Gasteiger partial charge is 0.309 e. The SMILES string of the molecule is CCCC(=O)OCC(CC(=O)OCC(C)C)OC(=O)CCC. The quantitative estimate of drug-likeness (QED) is 0.431. The van der Waals surface area contributed by atoms with Gasteiger partial charge in [0, 0.05) is 12.8 Å². The van der Waals surface area contributed by atoms with E-state index < -0.39 is 18.0 Å². The maximum Gasteiger partial charge on any atom is 0.309 e. The second-order valence-electron chi connectivity index (χ2n) is 5.58. The Morgan fingerprint density at radius 2 is 1.36 bits per heavy atom. The molecule has 6 nitrogen and oxygen atoms in total. The minimum Gasteiger partial charge on any atom is -0.465 e. The first-order chi connectivity index (χ1) is 10.4. The van der Waals surface area contributed by atoms with Crippen molar-refractivity contribution >= 4 is 17.9 Å². The van der Waals surface area contributed by atoms with Crippen molar-refractivity contribution in [2.45, 2.75) is 65.9 Å². The zero-order valence-corrected chi connectivity index (χ0v) is 14.1. The number of ether oxygens (including phenoxy) is 3. The summed E-state index contributed by atoms with van der Waals surface area (Å²) in [7, 11) is 0. The fourth-order valence-corrected chi connectivity index (χ4v) is 1.55. The largest absolute Gasteiger partial charge is 0.465 e. The Bertz CT molecular complexity index is 351. The molecule has 128 valence electrons. The van der Waals surface area contributed by atoms with E-state index in [-0.39, 0.29) is 31.3 Å². The average Bonchev–Trinajstić information content (AvgIpc) is 2.43. The molecule has 0 bridgehead atoms. The third kappa shape index (κ3) is 11.1. The Kier molecular flexibility index (Phi) is 11.1. The summed E-state index contributed by atoms with van der Waals surface area (Å²) in [6.45, 7) is 7.77. The molecule has 0 aromatic rings. The van der Waals surface area contributed by atoms with Gasteiger partial charge in [-0.1, -0.05) is 27.7 Å². The van der Waals surface area contributed by atoms with E-state index in [2.05, 4.69) is 0 Å². The van der Waals surface area contributed by atoms with Crippen LogP contribution in [0.4, 0.5) is 0 Å². The van der Waals surface area contributed by atoms with Gasteiger partial charge in [0.2, 0.25) is 0 Å². The van der Waals surface area contributed by atoms with Gasteiger partial charge in [0.25, 0.3) is 0 Å². The van der Waals surface area contributed by atoms with E-state index in [4.69, 9.17) is 14.2 Å². The topological polar surface area (TPSA) is 78.9 Å². The lowest BCUT2D eigenvalue weighted by Crippen LogP contribution is -2.29. The van der Waals surface area contributed by atoms with Gasteiger partial charge in [-0.2, -0.15) is 0 Å². The second kappa shape index (κ2) is 12.0. The molecule has 0 saturated heterocycles. The van der Waals surface area contributed by atoms with Gasteiger partial charge < -0.3 is 14.2 Å². The van der Waals surface area contributed by atoms with Gasteiger partial charge in [-0.3, -0.25) is 14.4 Å². The van der Waals surface area contributed by atoms with Gasteiger partial charge in [0.1, 0.15) is 12.7 Å². The van der Waals surface area contributed by atoms with Crippen molar-refractivity contribution in [2.75, 3.05) is 13.2 Å². The van der Waals surface area contributed by atoms with Crippen LogP contribution in [0.2, 0.25) is 0 Å². The summed E-state index contributed by atoms with van der Waals surface area (Å²) in [5.41, 5.74) is 0. The number of carbonyl (C=O) groups is 3. The molecule has 0 aromatic heterocycles. The van der Waals surface area contributed by atoms with Crippen molar-refractivity contribution in [1.82, 2.24) is 0 Å². The predicted molar refractivity (Wildman–Crippen MR) is 81.1 cm³/mol. The molecule has 1 atom stereocenters. The number of rotatable bonds is 11. The molecule has 0 aromatic carbocycles. The van der Waals surface area contributed by atoms with Crippen molar-refractivity contribution in [3.63, 3.8) is 0 Å². The first-order valence-corrected chi connectivity index (χ1v) is 7.89. The molecular formula is C16H28O6. The lowest BCUT2D eigenvalue weighted by atomic mass is 10.2. The summed E-state index contributed by atoms with van der Waals surface area (Å²) >= 11 is 0. The highest BCUT2D eigenvalue weighted by atomic mass is 16.6. The van der Waals surface area contributed by atoms with Crippen molar-refractivity contribution in [3.8, 4) is 0 Å². The zero-order valence-electron chi connectivity index (χ0n) is 14.1. The molecular weight excluding hydrogens is 288 g/mol. The first-order valence-electron chi connectivity index (χ1n) is 7.89. The Balaban J connectivity index is 4.40. The summed E-state index contributed by atoms with van der Waals surface area (Å²) in [5, 5.41) is 0. The highest BCUT2D eigenvalue weighted by Crippen LogP contribution is 2.07. The lowest BCUT2D eigenvalue weighted by Gasteiger charge is -2.17. The monoisotopic (exact) mass is 316 g/mol. The molecule has 0 spiro atoms. The molecule has 0 aliphatic carbocycles. The highest BCUT2D eigenvalue weighted by Gasteiger charge is 2.21. The molecule has 0 radical (unpaired) electrons. The molecule has 0 fully saturated rings. The van der Waals surface area contributed by atoms with Crippen LogP contribution in [0.25, 0.3) is 0 Å². The van der Waals surface area contributed by atoms with Crippen LogP contribution >= 0.6 is 0 Å². The lowest BCUT2D eigenvalue weighted by molar-refractivity contribution is -0.164. The van der Waals surface area contributed by atoms with Gasteiger partial charge in [-0.15, -0.1) is 0 Å². The molecule has 0 aliphatic rings. The van der Waals surface area contributed by atoms with Crippen molar-refractivity contribution in [1.29, 1.82) is 0 Å². The molecule has 0 N–H and O–H groups in total. The summed E-state index contributed by atoms with van der Waals surface area (Å²) in [6.07, 6.45) is 0.990. The van der Waals surface area contributed by atoms with Crippen molar-refractivity contribution in [2.24, 2.45) is 5.92 Å². The third-order valence-electron chi connectivity index (χ3n) is 2.61. The normalized spacial score (nSPS) is 11.9. The van der Waals surface area contributed by atoms with Crippen LogP contribution in [0.5, 0.6) is 0 Å². The molecule has 0 amide bonds. The maximum atomic E-state index is 11.7. The van der Waals surface area contributed by atoms with E-state index in [1.165, 1.54) is 0 Å². The first kappa shape index (κ1) is 20.4. The number of carbonyl (C=O) groups excluding carboxylic acids is 3. The van der Waals surface area contributed by atoms with Gasteiger partial charge in [-0.05, 0) is 18.8 Å². The third-order valence-corrected chi connectivity index (χ3v) is 2.61. The molecule has 6 heteroatoms. The fourth-order valence-electron chi connectivity index (χ4n) is 1.55. The summed E-state index contributed by atoms with van der Waals surface area (Å²) < 4.78 is 15.3. The van der Waals surface area contributed by atoms with Crippen LogP contribution in [0.15, 0.2) is 0 Å². The fraction of sp³-hybridized carbons (Fsp3) is 0.812. The van der Waals surface area contributed by atoms with E-state index >= 15 is 0 Å². The van der Waals surface area contributed by atoms with Crippen LogP contribution in [0, 0.1) is 5.92 Å². The van der Waals surface area contributed by atoms with E-state index in [9.17, 15) is 14.4 Å². The van der Waals surface area contributed by atoms with Crippen LogP contribution in [0.1, 0.15) is 59.8 Å². The number of hydrogen-bond acceptors (Lipinski definition) is 6. The minimum atomic E-state index is -0.792. The Morgan fingerprint density at radius 3 is 1.91 bits per heavy atom. The average molecular weight is 316 g/mol. The number of hydrogen-bond donors (Lipinski definition) is 0. The highest BCUT2D eigenvalue weighted by molar-refractivity contribution is 5.73. The van der Waals surface area contributed by atoms with E-state index in [1.54, 1.807) is 0 Å². The van der Waals surface area contributed by atoms with E-state index in [0.717, 1.165) is 0 Å². The molecule has 22 heavy (non-hydrogen) atoms. The molecule has 0 aliphatic heterocycles. The molecule has 0 heterocycles. The standard InChI is InChI=1S/C16H28O6/c1-5-7-14(17)21-11-13(22-15(18)8-6-2)9-16(19)20-10-12(3)4/h12-13H,5-11H2,1-4H3. The van der Waals surface area contributed by atoms with Crippen LogP contribution in [0.3, 0.4) is 0 Å². The summed E-state index contributed by atoms with van der Waals surface area (Å²) in [6, 6.07) is 0. The second-order valence-corrected chi connectivity index (χ2v) is 5.58. The van der Waals surface area contributed by atoms with Crippen LogP contribution < -0.4 is 0 Å². The number of esters is 3. The van der Waals surface area contributed by atoms with E-state index in [0.29, 0.717) is 25.9 Å². The van der Waals surface area contributed by atoms with Gasteiger partial charge in [0.15, 0.2) is 0 Å². The Hall–Kier alpha value is -1.59. The van der Waals surface area contributed by atoms with Crippen molar-refractivity contribution < 1.29 is 28.6 Å². The van der Waals surface area contributed by atoms with Gasteiger partial charge in [-0.25, -0.2) is 0 Å². The Labute approximate surface area is 132 Å². The molecule has 1 unspecified atom stereocenters. The van der Waals surface area contributed by atoms with Crippen molar-refractivity contribution in [3.05, 3.63) is 0 Å². The zero-order chi connectivity index (χ0) is 17.0. The molecule has 0 rings (SSSR count). The van der Waals surface area contributed by atoms with Crippen LogP contribution in [-0.2, 0) is 28.6 Å². The van der Waals surface area contributed by atoms with Gasteiger partial charge in [0.05, 0.1) is 13.0 Å². The van der Waals surface area contributed by atoms with Crippen LogP contribution in [-0.4, -0.2) is 37.2 Å². The van der Waals surface area contributed by atoms with E-state index in [1.807, 2.05) is 27.7 Å². The Morgan fingerprint density at radius 1 is 0.818 bits per heavy atom. The van der Waals surface area contributed by atoms with Gasteiger partial charge >= 0.3 is 17.9 Å². The maximum absolute atomic E-state index is 11.7. The minimum absolute atomic E-state index is 0.110. The molecule has 0 saturated carbocycles.